The lowest BCUT2D eigenvalue weighted by molar-refractivity contribution is -0.138. The van der Waals surface area contributed by atoms with E-state index in [0.717, 1.165) is 17.4 Å². The van der Waals surface area contributed by atoms with Crippen molar-refractivity contribution >= 4 is 17.4 Å². The van der Waals surface area contributed by atoms with Crippen LogP contribution >= 0.6 is 0 Å². The Bertz CT molecular complexity index is 1670. The number of alkyl halides is 3. The van der Waals surface area contributed by atoms with E-state index in [9.17, 15) is 18.0 Å². The first-order valence-corrected chi connectivity index (χ1v) is 13.4. The van der Waals surface area contributed by atoms with Gasteiger partial charge in [0.1, 0.15) is 12.4 Å². The Hall–Kier alpha value is -5.38. The molecular weight excluding hydrogens is 577 g/mol. The largest absolute Gasteiger partial charge is 0.497 e. The molecule has 2 N–H and O–H groups in total. The molecule has 2 amide bonds. The van der Waals surface area contributed by atoms with Crippen LogP contribution in [0.25, 0.3) is 11.4 Å². The third-order valence-corrected chi connectivity index (χ3v) is 6.42. The summed E-state index contributed by atoms with van der Waals surface area (Å²) < 4.78 is 57.5. The highest BCUT2D eigenvalue weighted by Crippen LogP contribution is 2.37. The number of rotatable bonds is 10. The molecule has 228 valence electrons. The summed E-state index contributed by atoms with van der Waals surface area (Å²) in [4.78, 5) is 25.8. The van der Waals surface area contributed by atoms with Gasteiger partial charge in [-0.15, -0.1) is 0 Å². The molecule has 0 saturated heterocycles. The third kappa shape index (κ3) is 7.71. The van der Waals surface area contributed by atoms with Crippen molar-refractivity contribution in [3.8, 4) is 34.8 Å². The number of ether oxygens (including phenoxy) is 3. The monoisotopic (exact) mass is 606 g/mol. The maximum atomic E-state index is 13.6. The Morgan fingerprint density at radius 1 is 1.05 bits per heavy atom. The van der Waals surface area contributed by atoms with E-state index < -0.39 is 23.7 Å². The molecule has 2 aromatic carbocycles. The van der Waals surface area contributed by atoms with E-state index in [1.54, 1.807) is 26.2 Å². The zero-order chi connectivity index (χ0) is 31.9. The molecule has 0 bridgehead atoms. The van der Waals surface area contributed by atoms with Gasteiger partial charge in [0.05, 0.1) is 48.8 Å². The van der Waals surface area contributed by atoms with Crippen LogP contribution in [0.5, 0.6) is 17.4 Å². The van der Waals surface area contributed by atoms with Gasteiger partial charge in [-0.3, -0.25) is 0 Å². The molecule has 10 nitrogen and oxygen atoms in total. The summed E-state index contributed by atoms with van der Waals surface area (Å²) >= 11 is 0. The van der Waals surface area contributed by atoms with Crippen molar-refractivity contribution in [2.45, 2.75) is 39.5 Å². The van der Waals surface area contributed by atoms with Gasteiger partial charge in [-0.2, -0.15) is 18.4 Å². The molecule has 2 heterocycles. The maximum Gasteiger partial charge on any atom is 0.416 e. The standard InChI is InChI=1S/C31H29F3N6O4/c1-5-43-27-12-21(15-37-29(27)44-17-20-6-9-23(42-4)10-7-20)28-36-16-26(19(3)38-28)40-30(41)39-22-8-11-24(18(2)14-35)25(13-22)31(32,33)34/h6-13,15-16,18H,5,17H2,1-4H3,(H2,39,40,41). The molecule has 0 aliphatic carbocycles. The lowest BCUT2D eigenvalue weighted by atomic mass is 9.96. The van der Waals surface area contributed by atoms with Crippen LogP contribution in [-0.4, -0.2) is 34.7 Å². The number of anilines is 2. The van der Waals surface area contributed by atoms with Crippen LogP contribution in [0, 0.1) is 18.3 Å². The van der Waals surface area contributed by atoms with Gasteiger partial charge in [0.2, 0.25) is 0 Å². The minimum atomic E-state index is -4.70. The van der Waals surface area contributed by atoms with Gasteiger partial charge < -0.3 is 24.8 Å². The number of urea groups is 1. The molecule has 0 aliphatic rings. The number of nitriles is 1. The van der Waals surface area contributed by atoms with Crippen molar-refractivity contribution in [1.29, 1.82) is 5.26 Å². The lowest BCUT2D eigenvalue weighted by Gasteiger charge is -2.16. The minimum absolute atomic E-state index is 0.0947. The van der Waals surface area contributed by atoms with Gasteiger partial charge in [-0.1, -0.05) is 18.2 Å². The average Bonchev–Trinajstić information content (AvgIpc) is 3.01. The van der Waals surface area contributed by atoms with Crippen LogP contribution in [-0.2, 0) is 12.8 Å². The van der Waals surface area contributed by atoms with Crippen LogP contribution in [0.3, 0.4) is 0 Å². The Kier molecular flexibility index (Phi) is 9.85. The fourth-order valence-electron chi connectivity index (χ4n) is 4.14. The van der Waals surface area contributed by atoms with Crippen LogP contribution in [0.1, 0.15) is 42.1 Å². The van der Waals surface area contributed by atoms with E-state index in [1.165, 1.54) is 31.5 Å². The number of benzene rings is 2. The molecule has 0 spiro atoms. The van der Waals surface area contributed by atoms with Crippen LogP contribution in [0.2, 0.25) is 0 Å². The zero-order valence-corrected chi connectivity index (χ0v) is 24.3. The summed E-state index contributed by atoms with van der Waals surface area (Å²) in [7, 11) is 1.59. The van der Waals surface area contributed by atoms with Crippen molar-refractivity contribution in [3.05, 3.63) is 83.3 Å². The third-order valence-electron chi connectivity index (χ3n) is 6.42. The molecule has 44 heavy (non-hydrogen) atoms. The Labute approximate surface area is 251 Å². The smallest absolute Gasteiger partial charge is 0.416 e. The van der Waals surface area contributed by atoms with Crippen molar-refractivity contribution in [3.63, 3.8) is 0 Å². The molecule has 0 aliphatic heterocycles. The number of methoxy groups -OCH3 is 1. The van der Waals surface area contributed by atoms with E-state index in [0.29, 0.717) is 35.3 Å². The van der Waals surface area contributed by atoms with Crippen molar-refractivity contribution in [2.75, 3.05) is 24.4 Å². The normalized spacial score (nSPS) is 11.7. The number of hydrogen-bond donors (Lipinski definition) is 2. The topological polar surface area (TPSA) is 131 Å². The number of pyridine rings is 1. The SMILES string of the molecule is CCOc1cc(-c2ncc(NC(=O)Nc3ccc(C(C)C#N)c(C(F)(F)F)c3)c(C)n2)cnc1OCc1ccc(OC)cc1. The fourth-order valence-corrected chi connectivity index (χ4v) is 4.14. The van der Waals surface area contributed by atoms with Crippen molar-refractivity contribution in [2.24, 2.45) is 0 Å². The molecule has 0 radical (unpaired) electrons. The predicted molar refractivity (Wildman–Crippen MR) is 157 cm³/mol. The van der Waals surface area contributed by atoms with Crippen LogP contribution in [0.15, 0.2) is 60.9 Å². The summed E-state index contributed by atoms with van der Waals surface area (Å²) in [6.45, 7) is 5.47. The average molecular weight is 607 g/mol. The predicted octanol–water partition coefficient (Wildman–Crippen LogP) is 7.12. The summed E-state index contributed by atoms with van der Waals surface area (Å²) in [6, 6.07) is 13.4. The molecule has 0 saturated carbocycles. The van der Waals surface area contributed by atoms with E-state index in [4.69, 9.17) is 19.5 Å². The number of carbonyl (C=O) groups is 1. The highest BCUT2D eigenvalue weighted by Gasteiger charge is 2.35. The summed E-state index contributed by atoms with van der Waals surface area (Å²) in [5.41, 5.74) is 0.830. The number of amides is 2. The van der Waals surface area contributed by atoms with Gasteiger partial charge in [0.25, 0.3) is 5.88 Å². The number of aryl methyl sites for hydroxylation is 1. The lowest BCUT2D eigenvalue weighted by Crippen LogP contribution is -2.21. The van der Waals surface area contributed by atoms with Gasteiger partial charge in [-0.05, 0) is 62.2 Å². The van der Waals surface area contributed by atoms with Crippen molar-refractivity contribution in [1.82, 2.24) is 15.0 Å². The quantitative estimate of drug-likeness (QED) is 0.195. The number of nitrogens with one attached hydrogen (secondary N) is 2. The Morgan fingerprint density at radius 3 is 2.43 bits per heavy atom. The minimum Gasteiger partial charge on any atom is -0.497 e. The number of aromatic nitrogens is 3. The Morgan fingerprint density at radius 2 is 1.80 bits per heavy atom. The fraction of sp³-hybridized carbons (Fsp3) is 0.258. The number of carbonyl (C=O) groups excluding carboxylic acids is 1. The first-order chi connectivity index (χ1) is 21.0. The molecule has 1 atom stereocenters. The first-order valence-electron chi connectivity index (χ1n) is 13.4. The van der Waals surface area contributed by atoms with Crippen LogP contribution in [0.4, 0.5) is 29.3 Å². The summed E-state index contributed by atoms with van der Waals surface area (Å²) in [5, 5.41) is 14.0. The van der Waals surface area contributed by atoms with Crippen molar-refractivity contribution < 1.29 is 32.2 Å². The van der Waals surface area contributed by atoms with Gasteiger partial charge >= 0.3 is 12.2 Å². The first kappa shape index (κ1) is 31.6. The molecule has 13 heteroatoms. The molecule has 0 fully saturated rings. The van der Waals surface area contributed by atoms with E-state index in [-0.39, 0.29) is 23.5 Å². The summed E-state index contributed by atoms with van der Waals surface area (Å²) in [5.74, 6) is 0.758. The molecule has 4 aromatic rings. The molecule has 2 aromatic heterocycles. The summed E-state index contributed by atoms with van der Waals surface area (Å²) in [6.07, 6.45) is -1.79. The number of halogens is 3. The van der Waals surface area contributed by atoms with Gasteiger partial charge in [-0.25, -0.2) is 19.7 Å². The number of nitrogens with zero attached hydrogens (tertiary/aromatic N) is 4. The molecule has 4 rings (SSSR count). The second-order valence-electron chi connectivity index (χ2n) is 9.52. The highest BCUT2D eigenvalue weighted by molar-refractivity contribution is 6.00. The second-order valence-corrected chi connectivity index (χ2v) is 9.52. The molecular formula is C31H29F3N6O4. The number of hydrogen-bond acceptors (Lipinski definition) is 8. The highest BCUT2D eigenvalue weighted by atomic mass is 19.4. The van der Waals surface area contributed by atoms with Crippen LogP contribution < -0.4 is 24.8 Å². The van der Waals surface area contributed by atoms with E-state index in [2.05, 4.69) is 25.6 Å². The molecule has 1 unspecified atom stereocenters. The second kappa shape index (κ2) is 13.7. The van der Waals surface area contributed by atoms with E-state index in [1.807, 2.05) is 31.2 Å². The zero-order valence-electron chi connectivity index (χ0n) is 24.3. The maximum absolute atomic E-state index is 13.6. The van der Waals surface area contributed by atoms with E-state index >= 15 is 0 Å². The van der Waals surface area contributed by atoms with Gasteiger partial charge in [0.15, 0.2) is 11.6 Å². The Balaban J connectivity index is 1.46. The van der Waals surface area contributed by atoms with Gasteiger partial charge in [0, 0.05) is 17.4 Å².